The number of benzene rings is 1. The Balaban J connectivity index is 1.40. The van der Waals surface area contributed by atoms with Crippen LogP contribution in [0.2, 0.25) is 0 Å². The molecule has 2 aliphatic heterocycles. The van der Waals surface area contributed by atoms with Crippen LogP contribution < -0.4 is 9.80 Å². The molecule has 8 heteroatoms. The second-order valence-electron chi connectivity index (χ2n) is 9.11. The maximum absolute atomic E-state index is 9.78. The summed E-state index contributed by atoms with van der Waals surface area (Å²) >= 11 is 0. The molecule has 2 aromatic heterocycles. The monoisotopic (exact) mass is 421 g/mol. The van der Waals surface area contributed by atoms with Gasteiger partial charge in [-0.05, 0) is 25.2 Å². The van der Waals surface area contributed by atoms with E-state index in [-0.39, 0.29) is 12.5 Å². The summed E-state index contributed by atoms with van der Waals surface area (Å²) in [5.41, 5.74) is 0. The second kappa shape index (κ2) is 8.42. The number of rotatable bonds is 4. The van der Waals surface area contributed by atoms with Crippen molar-refractivity contribution in [2.45, 2.75) is 32.1 Å². The number of fused-ring (bicyclic) bond motifs is 1. The van der Waals surface area contributed by atoms with Crippen molar-refractivity contribution in [3.05, 3.63) is 36.4 Å². The molecule has 4 heterocycles. The lowest BCUT2D eigenvalue weighted by Crippen LogP contribution is -2.42. The number of nitrogens with zero attached hydrogens (tertiary/aromatic N) is 7. The fourth-order valence-electron chi connectivity index (χ4n) is 5.13. The number of aromatic nitrogens is 5. The van der Waals surface area contributed by atoms with Crippen LogP contribution in [0.5, 0.6) is 0 Å². The van der Waals surface area contributed by atoms with Crippen LogP contribution in [0.4, 0.5) is 11.6 Å². The molecule has 0 bridgehead atoms. The van der Waals surface area contributed by atoms with Crippen molar-refractivity contribution < 1.29 is 5.11 Å². The number of hydrogen-bond donors (Lipinski definition) is 1. The van der Waals surface area contributed by atoms with E-state index in [1.807, 2.05) is 11.6 Å². The lowest BCUT2D eigenvalue weighted by atomic mass is 9.87. The molecule has 2 unspecified atom stereocenters. The lowest BCUT2D eigenvalue weighted by Gasteiger charge is -2.37. The summed E-state index contributed by atoms with van der Waals surface area (Å²) < 4.78 is 2.03. The first-order valence-electron chi connectivity index (χ1n) is 11.4. The van der Waals surface area contributed by atoms with Crippen LogP contribution in [0, 0.1) is 11.8 Å². The van der Waals surface area contributed by atoms with Gasteiger partial charge in [-0.1, -0.05) is 31.2 Å². The van der Waals surface area contributed by atoms with Gasteiger partial charge in [-0.2, -0.15) is 0 Å². The van der Waals surface area contributed by atoms with E-state index in [1.165, 1.54) is 0 Å². The highest BCUT2D eigenvalue weighted by Gasteiger charge is 2.29. The molecule has 164 valence electrons. The van der Waals surface area contributed by atoms with Crippen LogP contribution in [0.3, 0.4) is 0 Å². The third kappa shape index (κ3) is 3.73. The second-order valence-corrected chi connectivity index (χ2v) is 9.11. The van der Waals surface area contributed by atoms with Crippen molar-refractivity contribution in [3.63, 3.8) is 0 Å². The Hall–Kier alpha value is -2.74. The summed E-state index contributed by atoms with van der Waals surface area (Å²) in [6.45, 7) is 6.11. The number of aryl methyl sites for hydroxylation is 1. The Morgan fingerprint density at radius 2 is 1.58 bits per heavy atom. The van der Waals surface area contributed by atoms with Crippen molar-refractivity contribution in [2.24, 2.45) is 18.9 Å². The van der Waals surface area contributed by atoms with Gasteiger partial charge in [0.05, 0.1) is 0 Å². The van der Waals surface area contributed by atoms with E-state index < -0.39 is 0 Å². The third-order valence-corrected chi connectivity index (χ3v) is 7.20. The SMILES string of the molecule is CC1CCN(c2nnc(N3CCC(c4nncn4C)CC3)c3ccccc23)CC1CO. The molecule has 2 saturated heterocycles. The van der Waals surface area contributed by atoms with E-state index in [4.69, 9.17) is 10.2 Å². The molecule has 5 rings (SSSR count). The van der Waals surface area contributed by atoms with E-state index >= 15 is 0 Å². The van der Waals surface area contributed by atoms with Crippen molar-refractivity contribution in [1.29, 1.82) is 0 Å². The molecule has 1 N–H and O–H groups in total. The van der Waals surface area contributed by atoms with E-state index in [9.17, 15) is 5.11 Å². The highest BCUT2D eigenvalue weighted by Crippen LogP contribution is 2.36. The van der Waals surface area contributed by atoms with Crippen molar-refractivity contribution in [2.75, 3.05) is 42.6 Å². The summed E-state index contributed by atoms with van der Waals surface area (Å²) in [5, 5.41) is 29.9. The Morgan fingerprint density at radius 1 is 0.935 bits per heavy atom. The van der Waals surface area contributed by atoms with Gasteiger partial charge < -0.3 is 19.5 Å². The normalized spacial score (nSPS) is 22.9. The van der Waals surface area contributed by atoms with Crippen LogP contribution in [0.15, 0.2) is 30.6 Å². The van der Waals surface area contributed by atoms with Crippen LogP contribution in [-0.4, -0.2) is 62.9 Å². The molecular formula is C23H31N7O. The number of aliphatic hydroxyl groups is 1. The Bertz CT molecular complexity index is 1040. The number of piperidine rings is 2. The van der Waals surface area contributed by atoms with Gasteiger partial charge in [0, 0.05) is 62.4 Å². The molecule has 8 nitrogen and oxygen atoms in total. The predicted molar refractivity (Wildman–Crippen MR) is 121 cm³/mol. The maximum atomic E-state index is 9.78. The minimum absolute atomic E-state index is 0.224. The molecule has 0 radical (unpaired) electrons. The number of anilines is 2. The summed E-state index contributed by atoms with van der Waals surface area (Å²) in [6, 6.07) is 8.47. The predicted octanol–water partition coefficient (Wildman–Crippen LogP) is 2.60. The topological polar surface area (TPSA) is 83.2 Å². The van der Waals surface area contributed by atoms with Gasteiger partial charge in [-0.15, -0.1) is 20.4 Å². The van der Waals surface area contributed by atoms with Crippen LogP contribution in [0.25, 0.3) is 10.8 Å². The molecule has 1 aromatic carbocycles. The molecule has 2 aliphatic rings. The summed E-state index contributed by atoms with van der Waals surface area (Å²) in [5.74, 6) is 4.25. The van der Waals surface area contributed by atoms with Gasteiger partial charge in [-0.3, -0.25) is 0 Å². The van der Waals surface area contributed by atoms with Gasteiger partial charge in [0.25, 0.3) is 0 Å². The first-order valence-corrected chi connectivity index (χ1v) is 11.4. The number of hydrogen-bond acceptors (Lipinski definition) is 7. The summed E-state index contributed by atoms with van der Waals surface area (Å²) in [7, 11) is 2.02. The van der Waals surface area contributed by atoms with Gasteiger partial charge in [0.1, 0.15) is 12.2 Å². The van der Waals surface area contributed by atoms with Crippen molar-refractivity contribution >= 4 is 22.4 Å². The minimum atomic E-state index is 0.224. The highest BCUT2D eigenvalue weighted by molar-refractivity contribution is 5.99. The largest absolute Gasteiger partial charge is 0.396 e. The average molecular weight is 422 g/mol. The molecule has 3 aromatic rings. The molecule has 0 saturated carbocycles. The van der Waals surface area contributed by atoms with E-state index in [1.54, 1.807) is 6.33 Å². The van der Waals surface area contributed by atoms with Gasteiger partial charge in [0.2, 0.25) is 0 Å². The van der Waals surface area contributed by atoms with Crippen LogP contribution in [-0.2, 0) is 7.05 Å². The van der Waals surface area contributed by atoms with E-state index in [0.717, 1.165) is 73.7 Å². The van der Waals surface area contributed by atoms with Gasteiger partial charge >= 0.3 is 0 Å². The quantitative estimate of drug-likeness (QED) is 0.693. The molecule has 0 amide bonds. The zero-order valence-corrected chi connectivity index (χ0v) is 18.4. The Morgan fingerprint density at radius 3 is 2.19 bits per heavy atom. The Labute approximate surface area is 182 Å². The maximum Gasteiger partial charge on any atom is 0.159 e. The molecule has 2 fully saturated rings. The van der Waals surface area contributed by atoms with E-state index in [0.29, 0.717) is 11.8 Å². The zero-order valence-electron chi connectivity index (χ0n) is 18.4. The summed E-state index contributed by atoms with van der Waals surface area (Å²) in [6.07, 6.45) is 4.92. The number of aliphatic hydroxyl groups excluding tert-OH is 1. The molecule has 0 aliphatic carbocycles. The van der Waals surface area contributed by atoms with Gasteiger partial charge in [0.15, 0.2) is 11.6 Å². The smallest absolute Gasteiger partial charge is 0.159 e. The molecule has 2 atom stereocenters. The van der Waals surface area contributed by atoms with Crippen molar-refractivity contribution in [3.8, 4) is 0 Å². The first kappa shape index (κ1) is 20.2. The fraction of sp³-hybridized carbons (Fsp3) is 0.565. The van der Waals surface area contributed by atoms with Gasteiger partial charge in [-0.25, -0.2) is 0 Å². The van der Waals surface area contributed by atoms with E-state index in [2.05, 4.69) is 51.2 Å². The standard InChI is InChI=1S/C23H31N7O/c1-16-7-10-30(13-18(16)14-31)23-20-6-4-3-5-19(20)22(26-27-23)29-11-8-17(9-12-29)21-25-24-15-28(21)2/h3-6,15-18,31H,7-14H2,1-2H3. The van der Waals surface area contributed by atoms with Crippen LogP contribution in [0.1, 0.15) is 37.9 Å². The summed E-state index contributed by atoms with van der Waals surface area (Å²) in [4.78, 5) is 4.67. The molecule has 31 heavy (non-hydrogen) atoms. The third-order valence-electron chi connectivity index (χ3n) is 7.20. The average Bonchev–Trinajstić information content (AvgIpc) is 3.25. The lowest BCUT2D eigenvalue weighted by molar-refractivity contribution is 0.166. The Kier molecular flexibility index (Phi) is 5.48. The van der Waals surface area contributed by atoms with Crippen molar-refractivity contribution in [1.82, 2.24) is 25.0 Å². The fourth-order valence-corrected chi connectivity index (χ4v) is 5.13. The molecular weight excluding hydrogens is 390 g/mol. The highest BCUT2D eigenvalue weighted by atomic mass is 16.3. The molecule has 0 spiro atoms. The first-order chi connectivity index (χ1) is 15.2. The van der Waals surface area contributed by atoms with Crippen LogP contribution >= 0.6 is 0 Å². The minimum Gasteiger partial charge on any atom is -0.396 e. The zero-order chi connectivity index (χ0) is 21.4.